The average Bonchev–Trinajstić information content (AvgIpc) is 2.71. The summed E-state index contributed by atoms with van der Waals surface area (Å²) in [4.78, 5) is 22.6. The zero-order chi connectivity index (χ0) is 24.2. The molecule has 3 rings (SSSR count). The van der Waals surface area contributed by atoms with E-state index in [0.717, 1.165) is 18.2 Å². The molecular formula is C20H16F6N4O3. The number of anilines is 2. The van der Waals surface area contributed by atoms with Crippen molar-refractivity contribution in [3.8, 4) is 6.01 Å². The number of allylic oxidation sites excluding steroid dienone is 4. The van der Waals surface area contributed by atoms with Gasteiger partial charge in [0.05, 0.1) is 12.0 Å². The molecule has 0 amide bonds. The SMILES string of the molecule is O=C(O)CC1C=C(c2nc(Nc3cccc(C(F)(F)F)c3)nc(OCC(F)(F)F)n2)C=CC1. The molecule has 2 N–H and O–H groups in total. The van der Waals surface area contributed by atoms with E-state index in [0.29, 0.717) is 12.0 Å². The second-order valence-electron chi connectivity index (χ2n) is 6.99. The minimum absolute atomic E-state index is 0.0688. The van der Waals surface area contributed by atoms with Crippen LogP contribution in [-0.4, -0.2) is 38.8 Å². The van der Waals surface area contributed by atoms with Crippen LogP contribution in [0.4, 0.5) is 38.0 Å². The van der Waals surface area contributed by atoms with Crippen LogP contribution in [0.25, 0.3) is 5.57 Å². The molecule has 1 aliphatic rings. The van der Waals surface area contributed by atoms with Gasteiger partial charge in [-0.15, -0.1) is 0 Å². The Balaban J connectivity index is 1.95. The van der Waals surface area contributed by atoms with Crippen LogP contribution in [-0.2, 0) is 11.0 Å². The summed E-state index contributed by atoms with van der Waals surface area (Å²) < 4.78 is 81.2. The van der Waals surface area contributed by atoms with Crippen LogP contribution >= 0.6 is 0 Å². The number of rotatable bonds is 7. The Kier molecular flexibility index (Phi) is 6.89. The zero-order valence-electron chi connectivity index (χ0n) is 16.6. The molecule has 0 saturated carbocycles. The molecule has 33 heavy (non-hydrogen) atoms. The van der Waals surface area contributed by atoms with Crippen molar-refractivity contribution in [3.05, 3.63) is 53.9 Å². The van der Waals surface area contributed by atoms with Gasteiger partial charge in [0.2, 0.25) is 5.95 Å². The van der Waals surface area contributed by atoms with Gasteiger partial charge in [-0.05, 0) is 30.5 Å². The number of carboxylic acids is 1. The first kappa shape index (κ1) is 24.0. The van der Waals surface area contributed by atoms with Crippen LogP contribution < -0.4 is 10.1 Å². The molecule has 176 valence electrons. The minimum Gasteiger partial charge on any atom is -0.481 e. The molecule has 1 atom stereocenters. The number of carbonyl (C=O) groups is 1. The summed E-state index contributed by atoms with van der Waals surface area (Å²) in [6.07, 6.45) is -4.31. The third-order valence-electron chi connectivity index (χ3n) is 4.27. The summed E-state index contributed by atoms with van der Waals surface area (Å²) in [5.41, 5.74) is -0.718. The van der Waals surface area contributed by atoms with Gasteiger partial charge >= 0.3 is 24.3 Å². The number of alkyl halides is 6. The quantitative estimate of drug-likeness (QED) is 0.545. The monoisotopic (exact) mass is 474 g/mol. The Hall–Kier alpha value is -3.64. The standard InChI is InChI=1S/C20H16F6N4O3/c21-19(22,23)10-33-18-29-16(12-4-1-3-11(7-12)8-15(31)32)28-17(30-18)27-14-6-2-5-13(9-14)20(24,25)26/h1-2,4-7,9,11H,3,8,10H2,(H,31,32)(H,27,28,29,30). The third kappa shape index (κ3) is 7.19. The van der Waals surface area contributed by atoms with Crippen LogP contribution in [0.2, 0.25) is 0 Å². The summed E-state index contributed by atoms with van der Waals surface area (Å²) in [6, 6.07) is 3.35. The first-order chi connectivity index (χ1) is 15.4. The van der Waals surface area contributed by atoms with Crippen molar-refractivity contribution in [2.24, 2.45) is 5.92 Å². The Bertz CT molecular complexity index is 1080. The van der Waals surface area contributed by atoms with E-state index in [-0.39, 0.29) is 23.9 Å². The van der Waals surface area contributed by atoms with Gasteiger partial charge in [0.1, 0.15) is 0 Å². The number of nitrogens with zero attached hydrogens (tertiary/aromatic N) is 3. The Morgan fingerprint density at radius 3 is 2.58 bits per heavy atom. The molecule has 0 bridgehead atoms. The molecule has 0 spiro atoms. The first-order valence-corrected chi connectivity index (χ1v) is 9.39. The van der Waals surface area contributed by atoms with Crippen molar-refractivity contribution in [2.75, 3.05) is 11.9 Å². The number of aliphatic carboxylic acids is 1. The maximum atomic E-state index is 13.0. The molecule has 0 radical (unpaired) electrons. The van der Waals surface area contributed by atoms with Gasteiger partial charge in [0.15, 0.2) is 12.4 Å². The van der Waals surface area contributed by atoms with Gasteiger partial charge in [0.25, 0.3) is 0 Å². The molecule has 2 aromatic rings. The number of carboxylic acid groups (broad SMARTS) is 1. The van der Waals surface area contributed by atoms with Crippen LogP contribution in [0.5, 0.6) is 6.01 Å². The van der Waals surface area contributed by atoms with Crippen molar-refractivity contribution in [3.63, 3.8) is 0 Å². The molecule has 0 saturated heterocycles. The third-order valence-corrected chi connectivity index (χ3v) is 4.27. The largest absolute Gasteiger partial charge is 0.481 e. The van der Waals surface area contributed by atoms with Crippen molar-refractivity contribution in [2.45, 2.75) is 25.2 Å². The highest BCUT2D eigenvalue weighted by Gasteiger charge is 2.31. The highest BCUT2D eigenvalue weighted by atomic mass is 19.4. The topological polar surface area (TPSA) is 97.2 Å². The number of benzene rings is 1. The second-order valence-corrected chi connectivity index (χ2v) is 6.99. The Labute approximate surface area is 182 Å². The van der Waals surface area contributed by atoms with E-state index < -0.39 is 42.4 Å². The lowest BCUT2D eigenvalue weighted by molar-refractivity contribution is -0.154. The lowest BCUT2D eigenvalue weighted by Gasteiger charge is -2.16. The van der Waals surface area contributed by atoms with Gasteiger partial charge in [-0.3, -0.25) is 4.79 Å². The molecule has 1 aromatic carbocycles. The molecule has 1 aromatic heterocycles. The summed E-state index contributed by atoms with van der Waals surface area (Å²) in [6.45, 7) is -1.70. The van der Waals surface area contributed by atoms with Gasteiger partial charge < -0.3 is 15.2 Å². The fourth-order valence-corrected chi connectivity index (χ4v) is 2.92. The summed E-state index contributed by atoms with van der Waals surface area (Å²) in [5, 5.41) is 11.5. The molecule has 1 aliphatic carbocycles. The van der Waals surface area contributed by atoms with Gasteiger partial charge in [-0.25, -0.2) is 0 Å². The maximum absolute atomic E-state index is 13.0. The number of hydrogen-bond acceptors (Lipinski definition) is 6. The first-order valence-electron chi connectivity index (χ1n) is 9.39. The Morgan fingerprint density at radius 2 is 1.91 bits per heavy atom. The molecular weight excluding hydrogens is 458 g/mol. The highest BCUT2D eigenvalue weighted by Crippen LogP contribution is 2.32. The van der Waals surface area contributed by atoms with Crippen molar-refractivity contribution in [1.82, 2.24) is 15.0 Å². The molecule has 7 nitrogen and oxygen atoms in total. The van der Waals surface area contributed by atoms with Gasteiger partial charge in [-0.1, -0.05) is 24.3 Å². The zero-order valence-corrected chi connectivity index (χ0v) is 16.6. The van der Waals surface area contributed by atoms with E-state index >= 15 is 0 Å². The molecule has 0 fully saturated rings. The fraction of sp³-hybridized carbons (Fsp3) is 0.300. The number of nitrogens with one attached hydrogen (secondary N) is 1. The van der Waals surface area contributed by atoms with Crippen molar-refractivity contribution in [1.29, 1.82) is 0 Å². The summed E-state index contributed by atoms with van der Waals surface area (Å²) in [5.74, 6) is -1.93. The van der Waals surface area contributed by atoms with Crippen LogP contribution in [0.15, 0.2) is 42.5 Å². The second kappa shape index (κ2) is 9.46. The number of aromatic nitrogens is 3. The molecule has 1 unspecified atom stereocenters. The van der Waals surface area contributed by atoms with Gasteiger partial charge in [-0.2, -0.15) is 41.3 Å². The summed E-state index contributed by atoms with van der Waals surface area (Å²) in [7, 11) is 0. The van der Waals surface area contributed by atoms with Crippen LogP contribution in [0.1, 0.15) is 24.2 Å². The fourth-order valence-electron chi connectivity index (χ4n) is 2.92. The van der Waals surface area contributed by atoms with E-state index in [2.05, 4.69) is 25.0 Å². The van der Waals surface area contributed by atoms with Crippen molar-refractivity contribution >= 4 is 23.2 Å². The lowest BCUT2D eigenvalue weighted by atomic mass is 9.93. The van der Waals surface area contributed by atoms with E-state index in [4.69, 9.17) is 5.11 Å². The lowest BCUT2D eigenvalue weighted by Crippen LogP contribution is -2.21. The normalized spacial score (nSPS) is 16.3. The predicted molar refractivity (Wildman–Crippen MR) is 104 cm³/mol. The van der Waals surface area contributed by atoms with Crippen LogP contribution in [0.3, 0.4) is 0 Å². The minimum atomic E-state index is -4.68. The summed E-state index contributed by atoms with van der Waals surface area (Å²) >= 11 is 0. The average molecular weight is 474 g/mol. The van der Waals surface area contributed by atoms with E-state index in [9.17, 15) is 31.1 Å². The van der Waals surface area contributed by atoms with E-state index in [1.165, 1.54) is 6.07 Å². The maximum Gasteiger partial charge on any atom is 0.422 e. The van der Waals surface area contributed by atoms with Gasteiger partial charge in [0, 0.05) is 11.3 Å². The number of hydrogen-bond donors (Lipinski definition) is 2. The molecule has 0 aliphatic heterocycles. The number of ether oxygens (including phenoxy) is 1. The van der Waals surface area contributed by atoms with E-state index in [1.54, 1.807) is 18.2 Å². The Morgan fingerprint density at radius 1 is 1.15 bits per heavy atom. The van der Waals surface area contributed by atoms with Crippen molar-refractivity contribution < 1.29 is 41.0 Å². The predicted octanol–water partition coefficient (Wildman–Crippen LogP) is 5.01. The van der Waals surface area contributed by atoms with E-state index in [1.807, 2.05) is 0 Å². The molecule has 1 heterocycles. The molecule has 13 heteroatoms. The van der Waals surface area contributed by atoms with Crippen LogP contribution in [0, 0.1) is 5.92 Å². The smallest absolute Gasteiger partial charge is 0.422 e. The number of halogens is 6. The highest BCUT2D eigenvalue weighted by molar-refractivity contribution is 5.74.